The lowest BCUT2D eigenvalue weighted by molar-refractivity contribution is 0.224. The molecule has 5 heteroatoms. The van der Waals surface area contributed by atoms with E-state index in [9.17, 15) is 0 Å². The fraction of sp³-hybridized carbons (Fsp3) is 0.208. The number of aromatic nitrogens is 3. The molecule has 10 rings (SSSR count). The van der Waals surface area contributed by atoms with Crippen LogP contribution < -0.4 is 0 Å². The summed E-state index contributed by atoms with van der Waals surface area (Å²) in [5.41, 5.74) is 18.3. The van der Waals surface area contributed by atoms with Crippen molar-refractivity contribution in [3.8, 4) is 33.6 Å². The Morgan fingerprint density at radius 3 is 2.03 bits per heavy atom. The zero-order valence-electron chi connectivity index (χ0n) is 34.6. The topological polar surface area (TPSA) is 44.3 Å². The van der Waals surface area contributed by atoms with Gasteiger partial charge in [-0.05, 0) is 153 Å². The summed E-state index contributed by atoms with van der Waals surface area (Å²) >= 11 is 0. The number of fused-ring (bicyclic) bond motifs is 6. The summed E-state index contributed by atoms with van der Waals surface area (Å²) in [6, 6.07) is 44.7. The van der Waals surface area contributed by atoms with E-state index in [-0.39, 0.29) is 5.54 Å². The van der Waals surface area contributed by atoms with Gasteiger partial charge < -0.3 is 9.30 Å². The van der Waals surface area contributed by atoms with Gasteiger partial charge in [0.05, 0.1) is 27.8 Å². The van der Waals surface area contributed by atoms with Crippen molar-refractivity contribution in [2.75, 3.05) is 6.61 Å². The van der Waals surface area contributed by atoms with Crippen molar-refractivity contribution in [3.05, 3.63) is 161 Å². The van der Waals surface area contributed by atoms with Crippen LogP contribution in [0, 0.1) is 40.5 Å². The zero-order valence-corrected chi connectivity index (χ0v) is 34.6. The fourth-order valence-electron chi connectivity index (χ4n) is 9.29. The molecule has 3 aromatic heterocycles. The summed E-state index contributed by atoms with van der Waals surface area (Å²) in [5.74, 6) is 1.05. The second kappa shape index (κ2) is 13.3. The summed E-state index contributed by atoms with van der Waals surface area (Å²) < 4.78 is 11.3. The second-order valence-corrected chi connectivity index (χ2v) is 17.1. The lowest BCUT2D eigenvalue weighted by Crippen LogP contribution is -2.30. The van der Waals surface area contributed by atoms with E-state index in [0.717, 1.165) is 50.1 Å². The molecule has 0 radical (unpaired) electrons. The Hall–Kier alpha value is -6.46. The number of aliphatic imine (C=N–C) groups is 1. The third kappa shape index (κ3) is 5.67. The number of nitrogens with zero attached hydrogens (tertiary/aromatic N) is 4. The van der Waals surface area contributed by atoms with Crippen LogP contribution in [0.3, 0.4) is 0 Å². The highest BCUT2D eigenvalue weighted by Crippen LogP contribution is 2.41. The Morgan fingerprint density at radius 2 is 1.28 bits per heavy atom. The molecule has 5 nitrogen and oxygen atoms in total. The highest BCUT2D eigenvalue weighted by molar-refractivity contribution is 6.13. The molecule has 58 heavy (non-hydrogen) atoms. The lowest BCUT2D eigenvalue weighted by Gasteiger charge is -2.22. The highest BCUT2D eigenvalue weighted by Gasteiger charge is 2.35. The van der Waals surface area contributed by atoms with Gasteiger partial charge in [0.2, 0.25) is 5.90 Å². The molecule has 0 aliphatic carbocycles. The maximum atomic E-state index is 6.48. The highest BCUT2D eigenvalue weighted by atomic mass is 16.5. The number of aryl methyl sites for hydroxylation is 5. The van der Waals surface area contributed by atoms with Gasteiger partial charge in [-0.25, -0.2) is 9.98 Å². The van der Waals surface area contributed by atoms with Crippen LogP contribution >= 0.6 is 0 Å². The van der Waals surface area contributed by atoms with Crippen LogP contribution in [0.1, 0.15) is 54.2 Å². The molecule has 4 heterocycles. The number of hydrogen-bond acceptors (Lipinski definition) is 3. The molecule has 1 aliphatic rings. The summed E-state index contributed by atoms with van der Waals surface area (Å²) in [6.45, 7) is 18.3. The summed E-state index contributed by atoms with van der Waals surface area (Å²) in [7, 11) is 0. The van der Waals surface area contributed by atoms with Crippen molar-refractivity contribution in [2.45, 2.75) is 60.9 Å². The van der Waals surface area contributed by atoms with Crippen LogP contribution in [-0.4, -0.2) is 32.2 Å². The molecule has 0 bridgehead atoms. The van der Waals surface area contributed by atoms with Gasteiger partial charge in [0.15, 0.2) is 0 Å². The summed E-state index contributed by atoms with van der Waals surface area (Å²) in [4.78, 5) is 10.3. The molecule has 0 saturated heterocycles. The van der Waals surface area contributed by atoms with Gasteiger partial charge in [0, 0.05) is 39.0 Å². The normalized spacial score (nSPS) is 15.6. The Morgan fingerprint density at radius 1 is 0.569 bits per heavy atom. The van der Waals surface area contributed by atoms with Crippen LogP contribution in [0.5, 0.6) is 0 Å². The van der Waals surface area contributed by atoms with Crippen molar-refractivity contribution in [1.82, 2.24) is 14.1 Å². The summed E-state index contributed by atoms with van der Waals surface area (Å²) in [6.07, 6.45) is 1.91. The second-order valence-electron chi connectivity index (χ2n) is 17.1. The van der Waals surface area contributed by atoms with E-state index in [0.29, 0.717) is 18.4 Å². The maximum Gasteiger partial charge on any atom is 0.216 e. The van der Waals surface area contributed by atoms with E-state index >= 15 is 0 Å². The number of benzene rings is 6. The smallest absolute Gasteiger partial charge is 0.216 e. The van der Waals surface area contributed by atoms with Crippen molar-refractivity contribution in [1.29, 1.82) is 0 Å². The third-order valence-electron chi connectivity index (χ3n) is 12.6. The molecular formula is C53H48N4O. The van der Waals surface area contributed by atoms with Crippen LogP contribution in [0.4, 0.5) is 0 Å². The zero-order chi connectivity index (χ0) is 40.0. The van der Waals surface area contributed by atoms with Crippen molar-refractivity contribution < 1.29 is 4.74 Å². The first kappa shape index (κ1) is 35.9. The molecule has 0 spiro atoms. The Labute approximate surface area is 340 Å². The molecule has 0 N–H and O–H groups in total. The average molecular weight is 757 g/mol. The van der Waals surface area contributed by atoms with Crippen molar-refractivity contribution >= 4 is 49.6 Å². The van der Waals surface area contributed by atoms with E-state index < -0.39 is 0 Å². The monoisotopic (exact) mass is 756 g/mol. The van der Waals surface area contributed by atoms with Crippen LogP contribution in [0.15, 0.2) is 133 Å². The minimum absolute atomic E-state index is 0.282. The molecular weight excluding hydrogens is 709 g/mol. The van der Waals surface area contributed by atoms with Crippen LogP contribution in [0.2, 0.25) is 0 Å². The molecule has 286 valence electrons. The number of rotatable bonds is 6. The molecule has 6 aromatic carbocycles. The van der Waals surface area contributed by atoms with Crippen LogP contribution in [0.25, 0.3) is 77.4 Å². The number of hydrogen-bond donors (Lipinski definition) is 0. The Kier molecular flexibility index (Phi) is 8.24. The number of pyridine rings is 1. The largest absolute Gasteiger partial charge is 0.475 e. The first-order chi connectivity index (χ1) is 28.0. The predicted molar refractivity (Wildman–Crippen MR) is 243 cm³/mol. The van der Waals surface area contributed by atoms with Crippen LogP contribution in [-0.2, 0) is 4.74 Å². The molecule has 1 atom stereocenters. The van der Waals surface area contributed by atoms with Crippen molar-refractivity contribution in [2.24, 2.45) is 10.9 Å². The Bertz CT molecular complexity index is 3140. The van der Waals surface area contributed by atoms with Crippen molar-refractivity contribution in [3.63, 3.8) is 0 Å². The van der Waals surface area contributed by atoms with Gasteiger partial charge in [-0.3, -0.25) is 4.57 Å². The van der Waals surface area contributed by atoms with Gasteiger partial charge in [-0.2, -0.15) is 0 Å². The first-order valence-electron chi connectivity index (χ1n) is 20.4. The van der Waals surface area contributed by atoms with E-state index in [2.05, 4.69) is 180 Å². The van der Waals surface area contributed by atoms with E-state index in [1.165, 1.54) is 60.7 Å². The van der Waals surface area contributed by atoms with Gasteiger partial charge in [-0.15, -0.1) is 0 Å². The number of ether oxygens (including phenoxy) is 1. The summed E-state index contributed by atoms with van der Waals surface area (Å²) in [5, 5.41) is 4.77. The van der Waals surface area contributed by atoms with Gasteiger partial charge in [0.1, 0.15) is 12.3 Å². The Balaban J connectivity index is 1.26. The molecule has 9 aromatic rings. The average Bonchev–Trinajstić information content (AvgIpc) is 3.87. The van der Waals surface area contributed by atoms with Gasteiger partial charge >= 0.3 is 0 Å². The SMILES string of the molecule is Cc1cc(C)c(-c2cc(C3=N[C@](C)(C(C)C)CO3)cc(-n3c4ccc(C)cc4c4cc(C)c(-n5c6ccc(-c7ccccc7)cc6c6cccnc65)cc43)c2)c(C)c1. The quantitative estimate of drug-likeness (QED) is 0.170. The standard InChI is InChI=1S/C53H48N4O/c1-31(2)53(8)30-58-52(55-53)40-25-39(50-35(6)21-33(4)22-36(50)7)26-41(27-40)56-46-18-16-32(3)23-43(46)44-24-34(5)48(29-49(44)56)57-47-19-17-38(37-13-10-9-11-14-37)28-45(47)42-15-12-20-54-51(42)57/h9-29,31H,30H2,1-8H3/t53-/m0/s1. The lowest BCUT2D eigenvalue weighted by atomic mass is 9.90. The molecule has 0 fully saturated rings. The van der Waals surface area contributed by atoms with Gasteiger partial charge in [0.25, 0.3) is 0 Å². The fourth-order valence-corrected chi connectivity index (χ4v) is 9.29. The molecule has 0 saturated carbocycles. The van der Waals surface area contributed by atoms with E-state index in [1.54, 1.807) is 0 Å². The molecule has 0 amide bonds. The minimum atomic E-state index is -0.282. The molecule has 1 aliphatic heterocycles. The first-order valence-corrected chi connectivity index (χ1v) is 20.4. The third-order valence-corrected chi connectivity index (χ3v) is 12.6. The van der Waals surface area contributed by atoms with Gasteiger partial charge in [-0.1, -0.05) is 79.6 Å². The predicted octanol–water partition coefficient (Wildman–Crippen LogP) is 13.3. The molecule has 0 unspecified atom stereocenters. The maximum absolute atomic E-state index is 6.48. The van der Waals surface area contributed by atoms with E-state index in [1.807, 2.05) is 12.3 Å². The minimum Gasteiger partial charge on any atom is -0.475 e. The van der Waals surface area contributed by atoms with E-state index in [4.69, 9.17) is 14.7 Å².